The highest BCUT2D eigenvalue weighted by Gasteiger charge is 2.35. The van der Waals surface area contributed by atoms with E-state index in [0.29, 0.717) is 6.04 Å². The molecule has 0 saturated carbocycles. The lowest BCUT2D eigenvalue weighted by Crippen LogP contribution is -2.46. The van der Waals surface area contributed by atoms with E-state index in [1.165, 1.54) is 22.4 Å². The molecule has 0 aliphatic carbocycles. The number of anilines is 1. The van der Waals surface area contributed by atoms with E-state index in [1.807, 2.05) is 7.11 Å². The normalized spacial score (nSPS) is 23.1. The minimum Gasteiger partial charge on any atom is -0.372 e. The molecule has 0 aromatic heterocycles. The smallest absolute Gasteiger partial charge is 0.109 e. The third-order valence-corrected chi connectivity index (χ3v) is 4.99. The average molecular weight is 331 g/mol. The number of hydrogen-bond donors (Lipinski definition) is 0. The van der Waals surface area contributed by atoms with Crippen LogP contribution in [0.1, 0.15) is 28.8 Å². The molecule has 0 amide bonds. The number of nitrogens with zero attached hydrogens (tertiary/aromatic N) is 2. The molecule has 2 aromatic carbocycles. The Labute approximate surface area is 144 Å². The van der Waals surface area contributed by atoms with Crippen LogP contribution in [0.2, 0.25) is 0 Å². The molecule has 0 spiro atoms. The first-order valence-corrected chi connectivity index (χ1v) is 7.95. The summed E-state index contributed by atoms with van der Waals surface area (Å²) in [5.41, 5.74) is 5.31. The minimum atomic E-state index is 0. The van der Waals surface area contributed by atoms with Gasteiger partial charge in [0.2, 0.25) is 0 Å². The highest BCUT2D eigenvalue weighted by molar-refractivity contribution is 5.85. The molecule has 1 fully saturated rings. The Hall–Kier alpha value is -1.55. The second-order valence-corrected chi connectivity index (χ2v) is 6.27. The van der Waals surface area contributed by atoms with Crippen LogP contribution in [0.3, 0.4) is 0 Å². The number of hydrogen-bond acceptors (Lipinski definition) is 3. The molecule has 1 saturated heterocycles. The van der Waals surface area contributed by atoms with Gasteiger partial charge in [-0.2, -0.15) is 0 Å². The molecule has 4 rings (SSSR count). The predicted molar refractivity (Wildman–Crippen MR) is 96.6 cm³/mol. The van der Waals surface area contributed by atoms with Crippen LogP contribution in [0.25, 0.3) is 0 Å². The van der Waals surface area contributed by atoms with Crippen molar-refractivity contribution in [2.24, 2.45) is 0 Å². The SMILES string of the molecule is CO[C@@H]1c2ccccc2[C@H]2CN(C)CCN2c2ccccc21.Cl. The van der Waals surface area contributed by atoms with Crippen LogP contribution < -0.4 is 4.90 Å². The molecule has 23 heavy (non-hydrogen) atoms. The van der Waals surface area contributed by atoms with Crippen LogP contribution in [-0.2, 0) is 4.74 Å². The van der Waals surface area contributed by atoms with Crippen LogP contribution in [0.15, 0.2) is 48.5 Å². The van der Waals surface area contributed by atoms with E-state index in [-0.39, 0.29) is 18.5 Å². The first kappa shape index (κ1) is 16.3. The Kier molecular flexibility index (Phi) is 4.62. The lowest BCUT2D eigenvalue weighted by molar-refractivity contribution is 0.136. The number of methoxy groups -OCH3 is 1. The van der Waals surface area contributed by atoms with E-state index in [2.05, 4.69) is 65.4 Å². The third-order valence-electron chi connectivity index (χ3n) is 4.99. The van der Waals surface area contributed by atoms with Crippen LogP contribution in [0.5, 0.6) is 0 Å². The van der Waals surface area contributed by atoms with Crippen LogP contribution in [-0.4, -0.2) is 38.7 Å². The number of benzene rings is 2. The second-order valence-electron chi connectivity index (χ2n) is 6.27. The molecular formula is C19H23ClN2O. The Balaban J connectivity index is 0.00000156. The molecular weight excluding hydrogens is 308 g/mol. The van der Waals surface area contributed by atoms with Gasteiger partial charge in [-0.3, -0.25) is 0 Å². The maximum atomic E-state index is 5.92. The zero-order chi connectivity index (χ0) is 15.1. The fourth-order valence-electron chi connectivity index (χ4n) is 3.92. The van der Waals surface area contributed by atoms with Crippen LogP contribution >= 0.6 is 12.4 Å². The van der Waals surface area contributed by atoms with Crippen LogP contribution in [0.4, 0.5) is 5.69 Å². The van der Waals surface area contributed by atoms with Gasteiger partial charge in [0.15, 0.2) is 0 Å². The standard InChI is InChI=1S/C19H22N2O.ClH/c1-20-11-12-21-17-10-6-5-9-16(17)19(22-2)15-8-4-3-7-14(15)18(21)13-20;/h3-10,18-19H,11-13H2,1-2H3;1H/t18-,19-;/m1./s1. The van der Waals surface area contributed by atoms with E-state index in [4.69, 9.17) is 4.74 Å². The largest absolute Gasteiger partial charge is 0.372 e. The first-order valence-electron chi connectivity index (χ1n) is 7.95. The summed E-state index contributed by atoms with van der Waals surface area (Å²) in [6, 6.07) is 17.9. The van der Waals surface area contributed by atoms with Gasteiger partial charge in [-0.1, -0.05) is 42.5 Å². The number of piperazine rings is 1. The highest BCUT2D eigenvalue weighted by Crippen LogP contribution is 2.44. The van der Waals surface area contributed by atoms with Crippen molar-refractivity contribution >= 4 is 18.1 Å². The topological polar surface area (TPSA) is 15.7 Å². The van der Waals surface area contributed by atoms with Crippen LogP contribution in [0, 0.1) is 0 Å². The van der Waals surface area contributed by atoms with Crippen molar-refractivity contribution in [1.29, 1.82) is 0 Å². The number of likely N-dealkylation sites (N-methyl/N-ethyl adjacent to an activating group) is 1. The van der Waals surface area contributed by atoms with Gasteiger partial charge in [-0.15, -0.1) is 12.4 Å². The molecule has 4 heteroatoms. The summed E-state index contributed by atoms with van der Waals surface area (Å²) in [6.07, 6.45) is 0.0170. The van der Waals surface area contributed by atoms with E-state index in [0.717, 1.165) is 19.6 Å². The number of fused-ring (bicyclic) bond motifs is 5. The van der Waals surface area contributed by atoms with Gasteiger partial charge in [0, 0.05) is 38.0 Å². The fourth-order valence-corrected chi connectivity index (χ4v) is 3.92. The van der Waals surface area contributed by atoms with Gasteiger partial charge in [-0.25, -0.2) is 0 Å². The lowest BCUT2D eigenvalue weighted by atomic mass is 9.94. The molecule has 2 aliphatic heterocycles. The molecule has 0 N–H and O–H groups in total. The third kappa shape index (κ3) is 2.63. The van der Waals surface area contributed by atoms with Crippen molar-refractivity contribution in [1.82, 2.24) is 4.90 Å². The molecule has 2 aliphatic rings. The summed E-state index contributed by atoms with van der Waals surface area (Å²) in [4.78, 5) is 4.99. The number of rotatable bonds is 1. The summed E-state index contributed by atoms with van der Waals surface area (Å²) in [5, 5.41) is 0. The number of ether oxygens (including phenoxy) is 1. The molecule has 3 nitrogen and oxygen atoms in total. The summed E-state index contributed by atoms with van der Waals surface area (Å²) in [7, 11) is 4.03. The zero-order valence-corrected chi connectivity index (χ0v) is 14.4. The van der Waals surface area contributed by atoms with Crippen molar-refractivity contribution in [3.05, 3.63) is 65.2 Å². The van der Waals surface area contributed by atoms with Crippen molar-refractivity contribution in [3.63, 3.8) is 0 Å². The zero-order valence-electron chi connectivity index (χ0n) is 13.6. The summed E-state index contributed by atoms with van der Waals surface area (Å²) < 4.78 is 5.92. The van der Waals surface area contributed by atoms with E-state index >= 15 is 0 Å². The van der Waals surface area contributed by atoms with E-state index < -0.39 is 0 Å². The molecule has 2 heterocycles. The first-order chi connectivity index (χ1) is 10.8. The Morgan fingerprint density at radius 3 is 2.30 bits per heavy atom. The molecule has 2 atom stereocenters. The van der Waals surface area contributed by atoms with Gasteiger partial charge in [-0.05, 0) is 24.2 Å². The Morgan fingerprint density at radius 2 is 1.57 bits per heavy atom. The Bertz CT molecular complexity index is 691. The van der Waals surface area contributed by atoms with Crippen molar-refractivity contribution in [3.8, 4) is 0 Å². The van der Waals surface area contributed by atoms with E-state index in [9.17, 15) is 0 Å². The van der Waals surface area contributed by atoms with E-state index in [1.54, 1.807) is 0 Å². The number of halogens is 1. The Morgan fingerprint density at radius 1 is 0.913 bits per heavy atom. The maximum absolute atomic E-state index is 5.92. The van der Waals surface area contributed by atoms with Crippen molar-refractivity contribution < 1.29 is 4.74 Å². The van der Waals surface area contributed by atoms with Gasteiger partial charge in [0.05, 0.1) is 6.04 Å². The molecule has 122 valence electrons. The van der Waals surface area contributed by atoms with Gasteiger partial charge in [0.25, 0.3) is 0 Å². The predicted octanol–water partition coefficient (Wildman–Crippen LogP) is 3.65. The molecule has 2 aromatic rings. The summed E-state index contributed by atoms with van der Waals surface area (Å²) in [6.45, 7) is 3.22. The van der Waals surface area contributed by atoms with Gasteiger partial charge in [0.1, 0.15) is 6.10 Å². The minimum absolute atomic E-state index is 0. The molecule has 0 unspecified atom stereocenters. The summed E-state index contributed by atoms with van der Waals surface area (Å²) >= 11 is 0. The molecule has 0 radical (unpaired) electrons. The summed E-state index contributed by atoms with van der Waals surface area (Å²) in [5.74, 6) is 0. The monoisotopic (exact) mass is 330 g/mol. The van der Waals surface area contributed by atoms with Crippen molar-refractivity contribution in [2.75, 3.05) is 38.7 Å². The quantitative estimate of drug-likeness (QED) is 0.793. The van der Waals surface area contributed by atoms with Crippen molar-refractivity contribution in [2.45, 2.75) is 12.1 Å². The molecule has 0 bridgehead atoms. The highest BCUT2D eigenvalue weighted by atomic mass is 35.5. The average Bonchev–Trinajstić information content (AvgIpc) is 2.67. The maximum Gasteiger partial charge on any atom is 0.109 e. The second kappa shape index (κ2) is 6.52. The van der Waals surface area contributed by atoms with Gasteiger partial charge < -0.3 is 14.5 Å². The number of para-hydroxylation sites is 1. The van der Waals surface area contributed by atoms with Gasteiger partial charge >= 0.3 is 0 Å². The lowest BCUT2D eigenvalue weighted by Gasteiger charge is -2.41. The fraction of sp³-hybridized carbons (Fsp3) is 0.368.